The van der Waals surface area contributed by atoms with Crippen molar-refractivity contribution in [1.29, 1.82) is 0 Å². The minimum absolute atomic E-state index is 0.145. The van der Waals surface area contributed by atoms with Gasteiger partial charge in [0.2, 0.25) is 5.91 Å². The van der Waals surface area contributed by atoms with E-state index in [-0.39, 0.29) is 23.1 Å². The van der Waals surface area contributed by atoms with Crippen molar-refractivity contribution in [3.63, 3.8) is 0 Å². The van der Waals surface area contributed by atoms with Gasteiger partial charge in [0.15, 0.2) is 0 Å². The second-order valence-electron chi connectivity index (χ2n) is 6.81. The van der Waals surface area contributed by atoms with Gasteiger partial charge in [-0.15, -0.1) is 0 Å². The quantitative estimate of drug-likeness (QED) is 0.620. The topological polar surface area (TPSA) is 83.8 Å². The number of para-hydroxylation sites is 1. The van der Waals surface area contributed by atoms with Gasteiger partial charge in [-0.25, -0.2) is 0 Å². The lowest BCUT2D eigenvalue weighted by molar-refractivity contribution is -0.385. The number of benzene rings is 1. The molecule has 25 heavy (non-hydrogen) atoms. The molecule has 0 unspecified atom stereocenters. The Hall–Kier alpha value is -2.44. The van der Waals surface area contributed by atoms with Crippen molar-refractivity contribution in [3.8, 4) is 0 Å². The minimum atomic E-state index is -0.512. The van der Waals surface area contributed by atoms with Gasteiger partial charge >= 0.3 is 0 Å². The molecule has 7 nitrogen and oxygen atoms in total. The highest BCUT2D eigenvalue weighted by molar-refractivity contribution is 5.98. The van der Waals surface area contributed by atoms with Crippen LogP contribution in [0.2, 0.25) is 0 Å². The number of carbonyl (C=O) groups excluding carboxylic acids is 2. The summed E-state index contributed by atoms with van der Waals surface area (Å²) in [7, 11) is 0. The van der Waals surface area contributed by atoms with Crippen molar-refractivity contribution >= 4 is 17.5 Å². The first kappa shape index (κ1) is 17.4. The van der Waals surface area contributed by atoms with Gasteiger partial charge in [-0.05, 0) is 37.7 Å². The second-order valence-corrected chi connectivity index (χ2v) is 6.81. The zero-order valence-electron chi connectivity index (χ0n) is 14.2. The maximum Gasteiger partial charge on any atom is 0.282 e. The smallest absolute Gasteiger partial charge is 0.282 e. The summed E-state index contributed by atoms with van der Waals surface area (Å²) in [4.78, 5) is 38.8. The van der Waals surface area contributed by atoms with Crippen molar-refractivity contribution < 1.29 is 14.5 Å². The van der Waals surface area contributed by atoms with Gasteiger partial charge in [-0.3, -0.25) is 19.7 Å². The molecule has 2 heterocycles. The molecule has 1 aromatic carbocycles. The standard InChI is InChI=1S/C18H23N3O4/c22-17-7-3-4-10-20(17)13-14-8-11-19(12-9-14)18(23)15-5-1-2-6-16(15)21(24)25/h1-2,5-6,14H,3-4,7-13H2. The number of amides is 2. The fourth-order valence-electron chi connectivity index (χ4n) is 3.67. The van der Waals surface area contributed by atoms with Crippen LogP contribution < -0.4 is 0 Å². The van der Waals surface area contributed by atoms with E-state index in [9.17, 15) is 19.7 Å². The summed E-state index contributed by atoms with van der Waals surface area (Å²) < 4.78 is 0. The molecule has 2 saturated heterocycles. The third-order valence-corrected chi connectivity index (χ3v) is 5.13. The number of nitro benzene ring substituents is 1. The molecule has 0 bridgehead atoms. The van der Waals surface area contributed by atoms with Crippen molar-refractivity contribution in [1.82, 2.24) is 9.80 Å². The van der Waals surface area contributed by atoms with Gasteiger partial charge in [0.1, 0.15) is 5.56 Å². The number of hydrogen-bond acceptors (Lipinski definition) is 4. The molecule has 0 saturated carbocycles. The Labute approximate surface area is 146 Å². The van der Waals surface area contributed by atoms with Crippen LogP contribution in [0.3, 0.4) is 0 Å². The van der Waals surface area contributed by atoms with E-state index >= 15 is 0 Å². The third kappa shape index (κ3) is 3.97. The molecule has 2 aliphatic heterocycles. The highest BCUT2D eigenvalue weighted by atomic mass is 16.6. The van der Waals surface area contributed by atoms with Gasteiger partial charge in [0.05, 0.1) is 4.92 Å². The number of rotatable bonds is 4. The van der Waals surface area contributed by atoms with Crippen LogP contribution in [0.4, 0.5) is 5.69 Å². The van der Waals surface area contributed by atoms with E-state index in [1.807, 2.05) is 4.90 Å². The van der Waals surface area contributed by atoms with E-state index in [1.165, 1.54) is 12.1 Å². The number of likely N-dealkylation sites (tertiary alicyclic amines) is 2. The molecule has 2 fully saturated rings. The molecule has 3 rings (SSSR count). The lowest BCUT2D eigenvalue weighted by Crippen LogP contribution is -2.44. The van der Waals surface area contributed by atoms with Crippen LogP contribution >= 0.6 is 0 Å². The second kappa shape index (κ2) is 7.63. The molecule has 0 aliphatic carbocycles. The molecule has 7 heteroatoms. The van der Waals surface area contributed by atoms with E-state index in [2.05, 4.69) is 0 Å². The fraction of sp³-hybridized carbons (Fsp3) is 0.556. The summed E-state index contributed by atoms with van der Waals surface area (Å²) in [6.45, 7) is 2.77. The van der Waals surface area contributed by atoms with Gasteiger partial charge < -0.3 is 9.80 Å². The summed E-state index contributed by atoms with van der Waals surface area (Å²) >= 11 is 0. The largest absolute Gasteiger partial charge is 0.342 e. The maximum atomic E-state index is 12.6. The molecule has 0 atom stereocenters. The fourth-order valence-corrected chi connectivity index (χ4v) is 3.67. The zero-order chi connectivity index (χ0) is 17.8. The van der Waals surface area contributed by atoms with Crippen molar-refractivity contribution in [3.05, 3.63) is 39.9 Å². The highest BCUT2D eigenvalue weighted by Gasteiger charge is 2.29. The first-order chi connectivity index (χ1) is 12.1. The molecule has 0 aromatic heterocycles. The van der Waals surface area contributed by atoms with Crippen LogP contribution in [0, 0.1) is 16.0 Å². The Kier molecular flexibility index (Phi) is 5.31. The summed E-state index contributed by atoms with van der Waals surface area (Å²) in [5.41, 5.74) is 0.00527. The van der Waals surface area contributed by atoms with E-state index in [1.54, 1.807) is 17.0 Å². The summed E-state index contributed by atoms with van der Waals surface area (Å²) in [6.07, 6.45) is 4.36. The van der Waals surface area contributed by atoms with Crippen LogP contribution in [-0.4, -0.2) is 52.7 Å². The van der Waals surface area contributed by atoms with Crippen LogP contribution in [-0.2, 0) is 4.79 Å². The summed E-state index contributed by atoms with van der Waals surface area (Å²) in [6, 6.07) is 6.09. The van der Waals surface area contributed by atoms with Crippen LogP contribution in [0.15, 0.2) is 24.3 Å². The highest BCUT2D eigenvalue weighted by Crippen LogP contribution is 2.25. The molecule has 2 aliphatic rings. The lowest BCUT2D eigenvalue weighted by atomic mass is 9.94. The average Bonchev–Trinajstić information content (AvgIpc) is 2.63. The molecular formula is C18H23N3O4. The molecule has 0 radical (unpaired) electrons. The number of nitro groups is 1. The van der Waals surface area contributed by atoms with E-state index in [0.717, 1.165) is 38.8 Å². The van der Waals surface area contributed by atoms with Crippen LogP contribution in [0.5, 0.6) is 0 Å². The number of carbonyl (C=O) groups is 2. The van der Waals surface area contributed by atoms with Crippen LogP contribution in [0.1, 0.15) is 42.5 Å². The Morgan fingerprint density at radius 1 is 1.16 bits per heavy atom. The Balaban J connectivity index is 1.58. The zero-order valence-corrected chi connectivity index (χ0v) is 14.2. The van der Waals surface area contributed by atoms with Crippen LogP contribution in [0.25, 0.3) is 0 Å². The minimum Gasteiger partial charge on any atom is -0.342 e. The number of nitrogens with zero attached hydrogens (tertiary/aromatic N) is 3. The van der Waals surface area contributed by atoms with Gasteiger partial charge in [-0.2, -0.15) is 0 Å². The molecule has 2 amide bonds. The Bertz CT molecular complexity index is 668. The number of piperidine rings is 2. The molecule has 0 N–H and O–H groups in total. The van der Waals surface area contributed by atoms with Gasteiger partial charge in [-0.1, -0.05) is 12.1 Å². The lowest BCUT2D eigenvalue weighted by Gasteiger charge is -2.36. The number of hydrogen-bond donors (Lipinski definition) is 0. The summed E-state index contributed by atoms with van der Waals surface area (Å²) in [5.74, 6) is 0.362. The van der Waals surface area contributed by atoms with E-state index in [4.69, 9.17) is 0 Å². The van der Waals surface area contributed by atoms with E-state index < -0.39 is 4.92 Å². The van der Waals surface area contributed by atoms with Gasteiger partial charge in [0, 0.05) is 38.7 Å². The maximum absolute atomic E-state index is 12.6. The van der Waals surface area contributed by atoms with Crippen molar-refractivity contribution in [2.75, 3.05) is 26.2 Å². The molecular weight excluding hydrogens is 322 g/mol. The third-order valence-electron chi connectivity index (χ3n) is 5.13. The molecule has 0 spiro atoms. The van der Waals surface area contributed by atoms with Crippen molar-refractivity contribution in [2.24, 2.45) is 5.92 Å². The van der Waals surface area contributed by atoms with Crippen molar-refractivity contribution in [2.45, 2.75) is 32.1 Å². The average molecular weight is 345 g/mol. The Morgan fingerprint density at radius 2 is 1.88 bits per heavy atom. The van der Waals surface area contributed by atoms with E-state index in [0.29, 0.717) is 25.4 Å². The first-order valence-electron chi connectivity index (χ1n) is 8.86. The normalized spacial score (nSPS) is 19.1. The predicted octanol–water partition coefficient (Wildman–Crippen LogP) is 2.46. The SMILES string of the molecule is O=C1CCCCN1CC1CCN(C(=O)c2ccccc2[N+](=O)[O-])CC1. The van der Waals surface area contributed by atoms with Gasteiger partial charge in [0.25, 0.3) is 11.6 Å². The Morgan fingerprint density at radius 3 is 2.56 bits per heavy atom. The summed E-state index contributed by atoms with van der Waals surface area (Å²) in [5, 5.41) is 11.1. The molecule has 134 valence electrons. The monoisotopic (exact) mass is 345 g/mol. The first-order valence-corrected chi connectivity index (χ1v) is 8.86. The predicted molar refractivity (Wildman–Crippen MR) is 92.2 cm³/mol. The molecule has 1 aromatic rings.